The Morgan fingerprint density at radius 2 is 1.78 bits per heavy atom. The number of carbonyl (C=O) groups excluding carboxylic acids is 2. The third-order valence-corrected chi connectivity index (χ3v) is 7.42. The summed E-state index contributed by atoms with van der Waals surface area (Å²) >= 11 is 0. The first-order chi connectivity index (χ1) is 21.9. The summed E-state index contributed by atoms with van der Waals surface area (Å²) in [7, 11) is 1.60. The molecule has 3 unspecified atom stereocenters. The van der Waals surface area contributed by atoms with Gasteiger partial charge in [-0.15, -0.1) is 0 Å². The zero-order valence-corrected chi connectivity index (χ0v) is 27.0. The number of nitrogens with zero attached hydrogens (tertiary/aromatic N) is 2. The van der Waals surface area contributed by atoms with Gasteiger partial charge in [-0.25, -0.2) is 4.79 Å². The fraction of sp³-hybridized carbons (Fsp3) is 0.545. The van der Waals surface area contributed by atoms with Gasteiger partial charge in [-0.3, -0.25) is 20.0 Å². The maximum atomic E-state index is 13.4. The zero-order valence-electron chi connectivity index (χ0n) is 27.0. The Labute approximate surface area is 268 Å². The van der Waals surface area contributed by atoms with Crippen molar-refractivity contribution in [2.24, 2.45) is 10.7 Å². The van der Waals surface area contributed by atoms with Crippen molar-refractivity contribution in [1.82, 2.24) is 15.5 Å². The van der Waals surface area contributed by atoms with Crippen LogP contribution in [0.15, 0.2) is 47.5 Å². The van der Waals surface area contributed by atoms with E-state index in [9.17, 15) is 22.8 Å². The highest BCUT2D eigenvalue weighted by Gasteiger charge is 2.43. The third kappa shape index (κ3) is 11.3. The summed E-state index contributed by atoms with van der Waals surface area (Å²) in [6, 6.07) is 13.5. The molecule has 10 nitrogen and oxygen atoms in total. The monoisotopic (exact) mass is 649 g/mol. The largest absolute Gasteiger partial charge is 0.493 e. The number of rotatable bonds is 15. The van der Waals surface area contributed by atoms with Gasteiger partial charge >= 0.3 is 12.1 Å². The zero-order chi connectivity index (χ0) is 33.7. The minimum absolute atomic E-state index is 0.191. The molecule has 0 aliphatic carbocycles. The summed E-state index contributed by atoms with van der Waals surface area (Å²) in [5, 5.41) is 5.81. The summed E-state index contributed by atoms with van der Waals surface area (Å²) < 4.78 is 56.4. The molecule has 254 valence electrons. The van der Waals surface area contributed by atoms with Gasteiger partial charge in [0.2, 0.25) is 0 Å². The van der Waals surface area contributed by atoms with Gasteiger partial charge in [-0.05, 0) is 31.4 Å². The number of carbonyl (C=O) groups is 2. The van der Waals surface area contributed by atoms with Gasteiger partial charge in [0.15, 0.2) is 12.1 Å². The number of hydrogen-bond donors (Lipinski definition) is 3. The molecule has 2 aromatic carbocycles. The van der Waals surface area contributed by atoms with Crippen LogP contribution in [0.2, 0.25) is 0 Å². The van der Waals surface area contributed by atoms with E-state index in [4.69, 9.17) is 19.9 Å². The molecule has 1 saturated heterocycles. The number of ether oxygens (including phenoxy) is 3. The molecule has 13 heteroatoms. The van der Waals surface area contributed by atoms with Gasteiger partial charge in [-0.1, -0.05) is 55.8 Å². The van der Waals surface area contributed by atoms with Gasteiger partial charge in [0, 0.05) is 75.9 Å². The van der Waals surface area contributed by atoms with Crippen LogP contribution in [0.3, 0.4) is 0 Å². The molecule has 46 heavy (non-hydrogen) atoms. The van der Waals surface area contributed by atoms with Gasteiger partial charge in [0.05, 0.1) is 6.61 Å². The number of amides is 1. The van der Waals surface area contributed by atoms with E-state index in [2.05, 4.69) is 34.4 Å². The van der Waals surface area contributed by atoms with Crippen LogP contribution < -0.4 is 21.1 Å². The van der Waals surface area contributed by atoms with E-state index >= 15 is 0 Å². The molecule has 4 N–H and O–H groups in total. The van der Waals surface area contributed by atoms with Crippen molar-refractivity contribution in [1.29, 1.82) is 0 Å². The molecule has 1 amide bonds. The lowest BCUT2D eigenvalue weighted by atomic mass is 9.93. The number of methoxy groups -OCH3 is 1. The van der Waals surface area contributed by atoms with Crippen LogP contribution in [0, 0.1) is 0 Å². The number of unbranched alkanes of at least 4 members (excludes halogenated alkanes) is 1. The second kappa shape index (κ2) is 17.9. The Bertz CT molecular complexity index is 1300. The number of esters is 1. The molecule has 0 bridgehead atoms. The highest BCUT2D eigenvalue weighted by atomic mass is 19.4. The first-order valence-electron chi connectivity index (χ1n) is 15.6. The summed E-state index contributed by atoms with van der Waals surface area (Å²) in [5.41, 5.74) is 8.69. The first kappa shape index (κ1) is 36.8. The molecule has 0 spiro atoms. The number of piperazine rings is 1. The SMILES string of the molecule is CCCCN=C(N)NC(=O)C(Cc1ccc(-c2ccccc2)c(OCCCOC)c1CN1CC(C)NC(C)C1)OC(=O)C(F)(F)F. The van der Waals surface area contributed by atoms with Crippen LogP contribution in [0.25, 0.3) is 11.1 Å². The minimum atomic E-state index is -5.30. The fourth-order valence-corrected chi connectivity index (χ4v) is 5.40. The Kier molecular flexibility index (Phi) is 14.3. The van der Waals surface area contributed by atoms with Crippen molar-refractivity contribution in [2.45, 2.75) is 77.4 Å². The minimum Gasteiger partial charge on any atom is -0.493 e. The Morgan fingerprint density at radius 3 is 2.41 bits per heavy atom. The molecular formula is C33H46F3N5O5. The normalized spacial score (nSPS) is 18.2. The Balaban J connectivity index is 2.10. The topological polar surface area (TPSA) is 128 Å². The lowest BCUT2D eigenvalue weighted by Crippen LogP contribution is -2.53. The van der Waals surface area contributed by atoms with Crippen molar-refractivity contribution in [3.63, 3.8) is 0 Å². The second-order valence-electron chi connectivity index (χ2n) is 11.5. The number of hydrogen-bond acceptors (Lipinski definition) is 8. The van der Waals surface area contributed by atoms with Gasteiger partial charge in [0.1, 0.15) is 5.75 Å². The summed E-state index contributed by atoms with van der Waals surface area (Å²) in [4.78, 5) is 31.6. The smallest absolute Gasteiger partial charge is 0.490 e. The number of benzene rings is 2. The average Bonchev–Trinajstić information content (AvgIpc) is 2.99. The summed E-state index contributed by atoms with van der Waals surface area (Å²) in [5.74, 6) is -3.21. The summed E-state index contributed by atoms with van der Waals surface area (Å²) in [6.07, 6.45) is -5.37. The van der Waals surface area contributed by atoms with E-state index in [0.717, 1.165) is 17.5 Å². The molecule has 0 aromatic heterocycles. The molecule has 0 radical (unpaired) electrons. The van der Waals surface area contributed by atoms with Crippen LogP contribution in [0.4, 0.5) is 13.2 Å². The quantitative estimate of drug-likeness (QED) is 0.113. The van der Waals surface area contributed by atoms with E-state index in [1.807, 2.05) is 43.3 Å². The van der Waals surface area contributed by atoms with Gasteiger partial charge < -0.3 is 25.3 Å². The maximum Gasteiger partial charge on any atom is 0.490 e. The molecule has 1 aliphatic rings. The Morgan fingerprint density at radius 1 is 1.09 bits per heavy atom. The van der Waals surface area contributed by atoms with E-state index in [0.29, 0.717) is 69.1 Å². The number of halogens is 3. The predicted molar refractivity (Wildman–Crippen MR) is 170 cm³/mol. The molecule has 1 fully saturated rings. The van der Waals surface area contributed by atoms with Crippen molar-refractivity contribution in [3.05, 3.63) is 53.6 Å². The predicted octanol–water partition coefficient (Wildman–Crippen LogP) is 4.20. The molecule has 2 aromatic rings. The van der Waals surface area contributed by atoms with E-state index in [1.54, 1.807) is 13.2 Å². The van der Waals surface area contributed by atoms with Crippen molar-refractivity contribution in [2.75, 3.05) is 40.0 Å². The van der Waals surface area contributed by atoms with E-state index < -0.39 is 24.2 Å². The van der Waals surface area contributed by atoms with Crippen LogP contribution in [-0.2, 0) is 32.0 Å². The van der Waals surface area contributed by atoms with Crippen LogP contribution in [-0.4, -0.2) is 87.1 Å². The average molecular weight is 650 g/mol. The molecule has 1 heterocycles. The maximum absolute atomic E-state index is 13.4. The molecular weight excluding hydrogens is 603 g/mol. The van der Waals surface area contributed by atoms with Crippen molar-refractivity contribution in [3.8, 4) is 16.9 Å². The lowest BCUT2D eigenvalue weighted by molar-refractivity contribution is -0.205. The van der Waals surface area contributed by atoms with Crippen LogP contribution in [0.1, 0.15) is 51.2 Å². The number of aliphatic imine (C=N–C) groups is 1. The van der Waals surface area contributed by atoms with Crippen molar-refractivity contribution < 1.29 is 37.0 Å². The molecule has 0 saturated carbocycles. The highest BCUT2D eigenvalue weighted by molar-refractivity contribution is 5.99. The van der Waals surface area contributed by atoms with E-state index in [-0.39, 0.29) is 24.5 Å². The van der Waals surface area contributed by atoms with Gasteiger partial charge in [-0.2, -0.15) is 13.2 Å². The number of guanidine groups is 1. The fourth-order valence-electron chi connectivity index (χ4n) is 5.40. The molecule has 1 aliphatic heterocycles. The molecule has 3 atom stereocenters. The number of alkyl halides is 3. The second-order valence-corrected chi connectivity index (χ2v) is 11.5. The standard InChI is InChI=1S/C33H46F3N5O5/c1-5-6-15-38-32(37)40-30(42)28(46-31(43)33(34,35)36)18-25-13-14-26(24-11-8-7-9-12-24)29(45-17-10-16-44-4)27(25)21-41-19-22(2)39-23(3)20-41/h7-9,11-14,22-23,28,39H,5-6,10,15-21H2,1-4H3,(H3,37,38,40,42). The third-order valence-electron chi connectivity index (χ3n) is 7.42. The summed E-state index contributed by atoms with van der Waals surface area (Å²) in [6.45, 7) is 9.02. The first-order valence-corrected chi connectivity index (χ1v) is 15.6. The van der Waals surface area contributed by atoms with Crippen LogP contribution >= 0.6 is 0 Å². The highest BCUT2D eigenvalue weighted by Crippen LogP contribution is 2.37. The lowest BCUT2D eigenvalue weighted by Gasteiger charge is -2.37. The number of nitrogens with two attached hydrogens (primary N) is 1. The molecule has 3 rings (SSSR count). The van der Waals surface area contributed by atoms with E-state index in [1.165, 1.54) is 0 Å². The van der Waals surface area contributed by atoms with Crippen molar-refractivity contribution >= 4 is 17.8 Å². The number of nitrogens with one attached hydrogen (secondary N) is 2. The van der Waals surface area contributed by atoms with Gasteiger partial charge in [0.25, 0.3) is 5.91 Å². The Hall–Kier alpha value is -3.68. The van der Waals surface area contributed by atoms with Crippen LogP contribution in [0.5, 0.6) is 5.75 Å².